The molecule has 28 heavy (non-hydrogen) atoms. The largest absolute Gasteiger partial charge is 0.534 e. The van der Waals surface area contributed by atoms with Crippen LogP contribution in [0.1, 0.15) is 0 Å². The van der Waals surface area contributed by atoms with Crippen molar-refractivity contribution in [2.24, 2.45) is 0 Å². The minimum Gasteiger partial charge on any atom is -0.376 e. The van der Waals surface area contributed by atoms with E-state index < -0.39 is 15.6 Å². The topological polar surface area (TPSA) is 43.4 Å². The van der Waals surface area contributed by atoms with E-state index in [4.69, 9.17) is 0 Å². The maximum atomic E-state index is 12.5. The van der Waals surface area contributed by atoms with Crippen molar-refractivity contribution in [2.75, 3.05) is 0 Å². The molecule has 0 aromatic heterocycles. The first-order valence-corrected chi connectivity index (χ1v) is 9.67. The molecule has 142 valence electrons. The van der Waals surface area contributed by atoms with Crippen LogP contribution in [0.4, 0.5) is 13.2 Å². The van der Waals surface area contributed by atoms with E-state index in [1.54, 1.807) is 6.07 Å². The molecule has 0 fully saturated rings. The predicted molar refractivity (Wildman–Crippen MR) is 102 cm³/mol. The van der Waals surface area contributed by atoms with Crippen molar-refractivity contribution in [3.63, 3.8) is 0 Å². The molecule has 4 aromatic rings. The number of benzene rings is 4. The van der Waals surface area contributed by atoms with Crippen LogP contribution in [-0.2, 0) is 10.1 Å². The summed E-state index contributed by atoms with van der Waals surface area (Å²) in [6.07, 6.45) is 0. The second-order valence-electron chi connectivity index (χ2n) is 6.27. The molecule has 0 N–H and O–H groups in total. The first-order valence-electron chi connectivity index (χ1n) is 8.27. The number of rotatable bonds is 3. The summed E-state index contributed by atoms with van der Waals surface area (Å²) in [6, 6.07) is 23.5. The predicted octanol–water partition coefficient (Wildman–Crippen LogP) is 5.89. The summed E-state index contributed by atoms with van der Waals surface area (Å²) in [5, 5.41) is 3.54. The summed E-state index contributed by atoms with van der Waals surface area (Å²) < 4.78 is 63.9. The zero-order chi connectivity index (χ0) is 19.9. The molecule has 0 aliphatic heterocycles. The molecule has 0 amide bonds. The molecular weight excluding hydrogens is 389 g/mol. The average molecular weight is 402 g/mol. The Morgan fingerprint density at radius 3 is 1.79 bits per heavy atom. The van der Waals surface area contributed by atoms with E-state index in [9.17, 15) is 21.6 Å². The zero-order valence-electron chi connectivity index (χ0n) is 14.3. The monoisotopic (exact) mass is 402 g/mol. The Balaban J connectivity index is 1.70. The molecule has 0 radical (unpaired) electrons. The van der Waals surface area contributed by atoms with Crippen LogP contribution >= 0.6 is 0 Å². The Bertz CT molecular complexity index is 1300. The van der Waals surface area contributed by atoms with Gasteiger partial charge >= 0.3 is 15.6 Å². The van der Waals surface area contributed by atoms with Crippen molar-refractivity contribution in [3.8, 4) is 16.9 Å². The van der Waals surface area contributed by atoms with Crippen LogP contribution in [0.15, 0.2) is 78.9 Å². The fourth-order valence-electron chi connectivity index (χ4n) is 3.00. The normalized spacial score (nSPS) is 12.4. The van der Waals surface area contributed by atoms with Crippen LogP contribution in [0, 0.1) is 0 Å². The van der Waals surface area contributed by atoms with Crippen molar-refractivity contribution in [3.05, 3.63) is 78.9 Å². The smallest absolute Gasteiger partial charge is 0.376 e. The van der Waals surface area contributed by atoms with Gasteiger partial charge in [-0.1, -0.05) is 54.6 Å². The third-order valence-corrected chi connectivity index (χ3v) is 5.36. The molecule has 0 aliphatic rings. The van der Waals surface area contributed by atoms with E-state index in [0.717, 1.165) is 27.3 Å². The standard InChI is InChI=1S/C21H13F3O3S/c22-21(23,24)28(25,26)27-20-10-9-18-12-17(7-8-19(18)13-20)16-6-5-14-3-1-2-4-15(14)11-16/h1-13H. The molecule has 0 spiro atoms. The van der Waals surface area contributed by atoms with Gasteiger partial charge in [0, 0.05) is 0 Å². The molecule has 0 saturated carbocycles. The molecule has 0 saturated heterocycles. The van der Waals surface area contributed by atoms with E-state index in [2.05, 4.69) is 10.2 Å². The van der Waals surface area contributed by atoms with Crippen molar-refractivity contribution in [2.45, 2.75) is 5.51 Å². The van der Waals surface area contributed by atoms with Crippen molar-refractivity contribution >= 4 is 31.7 Å². The van der Waals surface area contributed by atoms with Gasteiger partial charge < -0.3 is 4.18 Å². The highest BCUT2D eigenvalue weighted by molar-refractivity contribution is 7.88. The Kier molecular flexibility index (Phi) is 4.27. The first kappa shape index (κ1) is 18.3. The van der Waals surface area contributed by atoms with Gasteiger partial charge in [0.15, 0.2) is 0 Å². The summed E-state index contributed by atoms with van der Waals surface area (Å²) in [7, 11) is -5.69. The van der Waals surface area contributed by atoms with Gasteiger partial charge in [-0.05, 0) is 56.9 Å². The lowest BCUT2D eigenvalue weighted by atomic mass is 9.98. The SMILES string of the molecule is O=S(=O)(Oc1ccc2cc(-c3ccc4ccccc4c3)ccc2c1)C(F)(F)F. The van der Waals surface area contributed by atoms with E-state index >= 15 is 0 Å². The summed E-state index contributed by atoms with van der Waals surface area (Å²) >= 11 is 0. The molecule has 0 aliphatic carbocycles. The van der Waals surface area contributed by atoms with E-state index in [1.165, 1.54) is 18.2 Å². The molecule has 4 aromatic carbocycles. The molecule has 0 unspecified atom stereocenters. The maximum absolute atomic E-state index is 12.5. The summed E-state index contributed by atoms with van der Waals surface area (Å²) in [5.74, 6) is -0.386. The van der Waals surface area contributed by atoms with Gasteiger partial charge in [-0.15, -0.1) is 0 Å². The second kappa shape index (κ2) is 6.53. The lowest BCUT2D eigenvalue weighted by molar-refractivity contribution is -0.0500. The van der Waals surface area contributed by atoms with Crippen molar-refractivity contribution in [1.29, 1.82) is 0 Å². The Morgan fingerprint density at radius 1 is 0.643 bits per heavy atom. The number of alkyl halides is 3. The van der Waals surface area contributed by atoms with Gasteiger partial charge in [0.2, 0.25) is 0 Å². The minimum absolute atomic E-state index is 0.386. The van der Waals surface area contributed by atoms with Gasteiger partial charge in [0.05, 0.1) is 0 Å². The van der Waals surface area contributed by atoms with Crippen LogP contribution in [0.5, 0.6) is 5.75 Å². The van der Waals surface area contributed by atoms with Crippen molar-refractivity contribution in [1.82, 2.24) is 0 Å². The lowest BCUT2D eigenvalue weighted by Crippen LogP contribution is -2.28. The highest BCUT2D eigenvalue weighted by atomic mass is 32.2. The van der Waals surface area contributed by atoms with E-state index in [1.807, 2.05) is 48.5 Å². The molecular formula is C21H13F3O3S. The lowest BCUT2D eigenvalue weighted by Gasteiger charge is -2.10. The van der Waals surface area contributed by atoms with Crippen LogP contribution in [-0.4, -0.2) is 13.9 Å². The third kappa shape index (κ3) is 3.41. The average Bonchev–Trinajstić information content (AvgIpc) is 2.66. The molecule has 0 bridgehead atoms. The highest BCUT2D eigenvalue weighted by Crippen LogP contribution is 2.31. The van der Waals surface area contributed by atoms with Gasteiger partial charge in [0.1, 0.15) is 5.75 Å². The van der Waals surface area contributed by atoms with Gasteiger partial charge in [-0.2, -0.15) is 21.6 Å². The van der Waals surface area contributed by atoms with E-state index in [-0.39, 0.29) is 5.75 Å². The number of hydrogen-bond acceptors (Lipinski definition) is 3. The first-order chi connectivity index (χ1) is 13.2. The van der Waals surface area contributed by atoms with Crippen LogP contribution < -0.4 is 4.18 Å². The van der Waals surface area contributed by atoms with Crippen LogP contribution in [0.2, 0.25) is 0 Å². The van der Waals surface area contributed by atoms with Crippen molar-refractivity contribution < 1.29 is 25.8 Å². The number of hydrogen-bond donors (Lipinski definition) is 0. The van der Waals surface area contributed by atoms with E-state index in [0.29, 0.717) is 5.39 Å². The summed E-state index contributed by atoms with van der Waals surface area (Å²) in [4.78, 5) is 0. The number of halogens is 3. The second-order valence-corrected chi connectivity index (χ2v) is 7.81. The molecule has 0 atom stereocenters. The molecule has 0 heterocycles. The quantitative estimate of drug-likeness (QED) is 0.317. The molecule has 3 nitrogen and oxygen atoms in total. The Labute approximate surface area is 159 Å². The van der Waals surface area contributed by atoms with Crippen LogP contribution in [0.3, 0.4) is 0 Å². The molecule has 4 rings (SSSR count). The fourth-order valence-corrected chi connectivity index (χ4v) is 3.45. The minimum atomic E-state index is -5.69. The summed E-state index contributed by atoms with van der Waals surface area (Å²) in [5.41, 5.74) is -3.53. The zero-order valence-corrected chi connectivity index (χ0v) is 15.1. The maximum Gasteiger partial charge on any atom is 0.534 e. The van der Waals surface area contributed by atoms with Crippen LogP contribution in [0.25, 0.3) is 32.7 Å². The number of fused-ring (bicyclic) bond motifs is 2. The Morgan fingerprint density at radius 2 is 1.14 bits per heavy atom. The fraction of sp³-hybridized carbons (Fsp3) is 0.0476. The highest BCUT2D eigenvalue weighted by Gasteiger charge is 2.48. The molecule has 7 heteroatoms. The summed E-state index contributed by atoms with van der Waals surface area (Å²) in [6.45, 7) is 0. The van der Waals surface area contributed by atoms with Gasteiger partial charge in [0.25, 0.3) is 0 Å². The Hall–Kier alpha value is -3.06. The van der Waals surface area contributed by atoms with Gasteiger partial charge in [-0.3, -0.25) is 0 Å². The van der Waals surface area contributed by atoms with Gasteiger partial charge in [-0.25, -0.2) is 0 Å². The third-order valence-electron chi connectivity index (χ3n) is 4.38.